The number of rotatable bonds is 3. The molecular weight excluding hydrogens is 244 g/mol. The lowest BCUT2D eigenvalue weighted by atomic mass is 10.1. The Bertz CT molecular complexity index is 513. The molecule has 5 heteroatoms. The van der Waals surface area contributed by atoms with Crippen LogP contribution in [0.5, 0.6) is 0 Å². The average molecular weight is 262 g/mol. The first-order chi connectivity index (χ1) is 9.06. The zero-order valence-electron chi connectivity index (χ0n) is 11.2. The Morgan fingerprint density at radius 1 is 1.53 bits per heavy atom. The lowest BCUT2D eigenvalue weighted by Crippen LogP contribution is -2.27. The normalized spacial score (nSPS) is 18.7. The molecule has 102 valence electrons. The Labute approximate surface area is 112 Å². The fraction of sp³-hybridized carbons (Fsp3) is 0.429. The fourth-order valence-electron chi connectivity index (χ4n) is 2.42. The molecule has 1 aliphatic heterocycles. The first-order valence-electron chi connectivity index (χ1n) is 6.33. The number of anilines is 2. The van der Waals surface area contributed by atoms with Crippen LogP contribution in [0, 0.1) is 5.92 Å². The van der Waals surface area contributed by atoms with E-state index in [2.05, 4.69) is 0 Å². The molecule has 0 radical (unpaired) electrons. The summed E-state index contributed by atoms with van der Waals surface area (Å²) in [7, 11) is 1.34. The zero-order valence-corrected chi connectivity index (χ0v) is 11.2. The van der Waals surface area contributed by atoms with Gasteiger partial charge in [0.25, 0.3) is 0 Å². The molecule has 1 amide bonds. The van der Waals surface area contributed by atoms with E-state index in [-0.39, 0.29) is 24.2 Å². The molecule has 0 spiro atoms. The molecule has 1 aromatic carbocycles. The minimum absolute atomic E-state index is 0.0464. The van der Waals surface area contributed by atoms with Gasteiger partial charge in [0.2, 0.25) is 5.91 Å². The molecule has 0 aromatic heterocycles. The van der Waals surface area contributed by atoms with Crippen LogP contribution in [-0.2, 0) is 20.7 Å². The van der Waals surface area contributed by atoms with E-state index < -0.39 is 0 Å². The van der Waals surface area contributed by atoms with Crippen molar-refractivity contribution in [1.82, 2.24) is 0 Å². The van der Waals surface area contributed by atoms with Crippen LogP contribution >= 0.6 is 0 Å². The van der Waals surface area contributed by atoms with Crippen molar-refractivity contribution in [3.8, 4) is 0 Å². The van der Waals surface area contributed by atoms with E-state index in [0.29, 0.717) is 12.2 Å². The number of hydrogen-bond acceptors (Lipinski definition) is 4. The molecule has 1 atom stereocenters. The average Bonchev–Trinajstić information content (AvgIpc) is 2.79. The van der Waals surface area contributed by atoms with Crippen molar-refractivity contribution in [3.63, 3.8) is 0 Å². The van der Waals surface area contributed by atoms with E-state index in [1.807, 2.05) is 19.1 Å². The molecule has 1 aliphatic rings. The third-order valence-corrected chi connectivity index (χ3v) is 3.43. The van der Waals surface area contributed by atoms with E-state index in [4.69, 9.17) is 10.5 Å². The maximum atomic E-state index is 12.0. The van der Waals surface area contributed by atoms with Gasteiger partial charge in [-0.3, -0.25) is 9.59 Å². The molecule has 5 nitrogen and oxygen atoms in total. The van der Waals surface area contributed by atoms with Crippen LogP contribution in [0.25, 0.3) is 0 Å². The number of nitrogens with zero attached hydrogens (tertiary/aromatic N) is 1. The van der Waals surface area contributed by atoms with E-state index in [0.717, 1.165) is 17.7 Å². The standard InChI is InChI=1S/C14H18N2O3/c1-3-9-6-11(15)4-5-12(9)16-8-10(7-13(16)17)14(18)19-2/h4-6,10H,3,7-8,15H2,1-2H3. The predicted octanol–water partition coefficient (Wildman–Crippen LogP) is 1.36. The minimum Gasteiger partial charge on any atom is -0.469 e. The lowest BCUT2D eigenvalue weighted by Gasteiger charge is -2.20. The van der Waals surface area contributed by atoms with Crippen LogP contribution in [0.4, 0.5) is 11.4 Å². The molecule has 0 aliphatic carbocycles. The van der Waals surface area contributed by atoms with Crippen molar-refractivity contribution in [2.75, 3.05) is 24.3 Å². The van der Waals surface area contributed by atoms with Crippen molar-refractivity contribution >= 4 is 23.3 Å². The number of amides is 1. The number of carbonyl (C=O) groups is 2. The van der Waals surface area contributed by atoms with Crippen molar-refractivity contribution in [2.24, 2.45) is 5.92 Å². The molecule has 1 saturated heterocycles. The number of nitrogens with two attached hydrogens (primary N) is 1. The summed E-state index contributed by atoms with van der Waals surface area (Å²) in [6.45, 7) is 2.39. The molecule has 0 saturated carbocycles. The third kappa shape index (κ3) is 2.54. The van der Waals surface area contributed by atoms with Crippen molar-refractivity contribution in [3.05, 3.63) is 23.8 Å². The number of esters is 1. The summed E-state index contributed by atoms with van der Waals surface area (Å²) in [4.78, 5) is 25.2. The smallest absolute Gasteiger partial charge is 0.311 e. The van der Waals surface area contributed by atoms with Gasteiger partial charge in [-0.1, -0.05) is 6.92 Å². The Kier molecular flexibility index (Phi) is 3.74. The quantitative estimate of drug-likeness (QED) is 0.659. The molecule has 2 N–H and O–H groups in total. The minimum atomic E-state index is -0.375. The highest BCUT2D eigenvalue weighted by Gasteiger charge is 2.36. The molecule has 1 unspecified atom stereocenters. The Morgan fingerprint density at radius 3 is 2.89 bits per heavy atom. The second-order valence-corrected chi connectivity index (χ2v) is 4.67. The Morgan fingerprint density at radius 2 is 2.26 bits per heavy atom. The molecule has 19 heavy (non-hydrogen) atoms. The molecular formula is C14H18N2O3. The first-order valence-corrected chi connectivity index (χ1v) is 6.33. The van der Waals surface area contributed by atoms with Crippen LogP contribution < -0.4 is 10.6 Å². The number of ether oxygens (including phenoxy) is 1. The van der Waals surface area contributed by atoms with Crippen molar-refractivity contribution in [2.45, 2.75) is 19.8 Å². The third-order valence-electron chi connectivity index (χ3n) is 3.43. The van der Waals surface area contributed by atoms with Gasteiger partial charge in [-0.2, -0.15) is 0 Å². The van der Waals surface area contributed by atoms with E-state index in [9.17, 15) is 9.59 Å². The summed E-state index contributed by atoms with van der Waals surface area (Å²) in [5.74, 6) is -0.751. The molecule has 1 fully saturated rings. The first kappa shape index (κ1) is 13.4. The largest absolute Gasteiger partial charge is 0.469 e. The summed E-state index contributed by atoms with van der Waals surface area (Å²) in [6, 6.07) is 5.48. The second kappa shape index (κ2) is 5.30. The van der Waals surface area contributed by atoms with E-state index in [1.165, 1.54) is 7.11 Å². The molecule has 2 rings (SSSR count). The highest BCUT2D eigenvalue weighted by Crippen LogP contribution is 2.30. The summed E-state index contributed by atoms with van der Waals surface area (Å²) >= 11 is 0. The van der Waals surface area contributed by atoms with E-state index in [1.54, 1.807) is 11.0 Å². The molecule has 0 bridgehead atoms. The summed E-state index contributed by atoms with van der Waals surface area (Å²) in [6.07, 6.45) is 0.993. The topological polar surface area (TPSA) is 72.6 Å². The number of methoxy groups -OCH3 is 1. The number of carbonyl (C=O) groups excluding carboxylic acids is 2. The zero-order chi connectivity index (χ0) is 14.0. The van der Waals surface area contributed by atoms with Gasteiger partial charge in [0.05, 0.1) is 13.0 Å². The van der Waals surface area contributed by atoms with Crippen LogP contribution in [0.2, 0.25) is 0 Å². The lowest BCUT2D eigenvalue weighted by molar-refractivity contribution is -0.145. The maximum absolute atomic E-state index is 12.0. The SMILES string of the molecule is CCc1cc(N)ccc1N1CC(C(=O)OC)CC1=O. The Balaban J connectivity index is 2.28. The van der Waals surface area contributed by atoms with Gasteiger partial charge in [-0.25, -0.2) is 0 Å². The van der Waals surface area contributed by atoms with E-state index >= 15 is 0 Å². The summed E-state index contributed by atoms with van der Waals surface area (Å²) in [5.41, 5.74) is 8.29. The maximum Gasteiger partial charge on any atom is 0.311 e. The second-order valence-electron chi connectivity index (χ2n) is 4.67. The van der Waals surface area contributed by atoms with Gasteiger partial charge >= 0.3 is 5.97 Å². The highest BCUT2D eigenvalue weighted by atomic mass is 16.5. The summed E-state index contributed by atoms with van der Waals surface area (Å²) < 4.78 is 4.70. The summed E-state index contributed by atoms with van der Waals surface area (Å²) in [5, 5.41) is 0. The number of nitrogen functional groups attached to an aromatic ring is 1. The van der Waals surface area contributed by atoms with Crippen LogP contribution in [0.15, 0.2) is 18.2 Å². The van der Waals surface area contributed by atoms with Gasteiger partial charge in [0.1, 0.15) is 0 Å². The number of hydrogen-bond donors (Lipinski definition) is 1. The fourth-order valence-corrected chi connectivity index (χ4v) is 2.42. The number of benzene rings is 1. The molecule has 1 heterocycles. The monoisotopic (exact) mass is 262 g/mol. The van der Waals surface area contributed by atoms with Gasteiger partial charge < -0.3 is 15.4 Å². The van der Waals surface area contributed by atoms with Gasteiger partial charge in [0.15, 0.2) is 0 Å². The van der Waals surface area contributed by atoms with Crippen LogP contribution in [-0.4, -0.2) is 25.5 Å². The van der Waals surface area contributed by atoms with Crippen LogP contribution in [0.3, 0.4) is 0 Å². The predicted molar refractivity (Wildman–Crippen MR) is 72.7 cm³/mol. The van der Waals surface area contributed by atoms with Gasteiger partial charge in [-0.05, 0) is 30.2 Å². The van der Waals surface area contributed by atoms with Crippen LogP contribution in [0.1, 0.15) is 18.9 Å². The Hall–Kier alpha value is -2.04. The van der Waals surface area contributed by atoms with Crippen molar-refractivity contribution < 1.29 is 14.3 Å². The molecule has 1 aromatic rings. The van der Waals surface area contributed by atoms with Gasteiger partial charge in [-0.15, -0.1) is 0 Å². The van der Waals surface area contributed by atoms with Gasteiger partial charge in [0, 0.05) is 24.3 Å². The van der Waals surface area contributed by atoms with Crippen molar-refractivity contribution in [1.29, 1.82) is 0 Å². The highest BCUT2D eigenvalue weighted by molar-refractivity contribution is 6.00. The number of aryl methyl sites for hydroxylation is 1.